The molecule has 0 aromatic heterocycles. The average molecular weight is 300 g/mol. The lowest BCUT2D eigenvalue weighted by Gasteiger charge is -2.06. The molecule has 0 fully saturated rings. The molecule has 3 aromatic carbocycles. The number of aryl methyl sites for hydroxylation is 1. The average Bonchev–Trinajstić information content (AvgIpc) is 2.81. The molecule has 1 N–H and O–H groups in total. The zero-order chi connectivity index (χ0) is 15.9. The van der Waals surface area contributed by atoms with Gasteiger partial charge >= 0.3 is 0 Å². The summed E-state index contributed by atoms with van der Waals surface area (Å²) < 4.78 is 0. The summed E-state index contributed by atoms with van der Waals surface area (Å²) in [6, 6.07) is 28.8. The van der Waals surface area contributed by atoms with Crippen LogP contribution in [0.3, 0.4) is 0 Å². The third-order valence-corrected chi connectivity index (χ3v) is 3.62. The molecule has 0 saturated carbocycles. The molecule has 0 saturated heterocycles. The van der Waals surface area contributed by atoms with Gasteiger partial charge in [-0.1, -0.05) is 66.2 Å². The van der Waals surface area contributed by atoms with Crippen molar-refractivity contribution in [2.24, 2.45) is 4.99 Å². The first-order valence-electron chi connectivity index (χ1n) is 7.79. The summed E-state index contributed by atoms with van der Waals surface area (Å²) >= 11 is 0. The van der Waals surface area contributed by atoms with E-state index in [-0.39, 0.29) is 0 Å². The van der Waals surface area contributed by atoms with E-state index >= 15 is 0 Å². The molecule has 0 spiro atoms. The molecule has 2 nitrogen and oxygen atoms in total. The Kier molecular flexibility index (Phi) is 4.85. The van der Waals surface area contributed by atoms with E-state index in [0.717, 1.165) is 16.7 Å². The summed E-state index contributed by atoms with van der Waals surface area (Å²) in [6.45, 7) is 2.76. The molecule has 2 heteroatoms. The number of nitrogens with zero attached hydrogens (tertiary/aromatic N) is 1. The van der Waals surface area contributed by atoms with Crippen LogP contribution in [0.25, 0.3) is 0 Å². The van der Waals surface area contributed by atoms with Crippen LogP contribution in [0.1, 0.15) is 11.1 Å². The Morgan fingerprint density at radius 1 is 0.739 bits per heavy atom. The summed E-state index contributed by atoms with van der Waals surface area (Å²) in [5.74, 6) is 0. The van der Waals surface area contributed by atoms with Gasteiger partial charge in [-0.25, -0.2) is 0 Å². The Labute approximate surface area is 137 Å². The van der Waals surface area contributed by atoms with Crippen molar-refractivity contribution in [1.29, 1.82) is 0 Å². The second-order valence-corrected chi connectivity index (χ2v) is 5.50. The first kappa shape index (κ1) is 15.0. The van der Waals surface area contributed by atoms with Crippen molar-refractivity contribution < 1.29 is 0 Å². The first-order valence-corrected chi connectivity index (χ1v) is 7.79. The highest BCUT2D eigenvalue weighted by Gasteiger charge is 1.97. The van der Waals surface area contributed by atoms with Gasteiger partial charge in [0.25, 0.3) is 0 Å². The second kappa shape index (κ2) is 7.41. The molecular formula is C21H20N2. The lowest BCUT2D eigenvalue weighted by molar-refractivity contribution is 1.01. The van der Waals surface area contributed by atoms with Gasteiger partial charge in [-0.2, -0.15) is 0 Å². The van der Waals surface area contributed by atoms with Crippen LogP contribution in [0, 0.1) is 6.92 Å². The van der Waals surface area contributed by atoms with E-state index < -0.39 is 0 Å². The van der Waals surface area contributed by atoms with Crippen molar-refractivity contribution >= 4 is 11.4 Å². The Balaban J connectivity index is 1.91. The summed E-state index contributed by atoms with van der Waals surface area (Å²) in [6.07, 6.45) is 0. The Bertz CT molecular complexity index is 822. The molecule has 3 rings (SSSR count). The summed E-state index contributed by atoms with van der Waals surface area (Å²) in [7, 11) is 0. The van der Waals surface area contributed by atoms with E-state index in [1.165, 1.54) is 11.1 Å². The molecule has 0 heterocycles. The maximum absolute atomic E-state index is 4.77. The van der Waals surface area contributed by atoms with E-state index in [0.29, 0.717) is 6.54 Å². The van der Waals surface area contributed by atoms with Crippen molar-refractivity contribution in [3.63, 3.8) is 0 Å². The molecule has 0 aliphatic carbocycles. The van der Waals surface area contributed by atoms with Gasteiger partial charge in [0, 0.05) is 5.69 Å². The lowest BCUT2D eigenvalue weighted by Crippen LogP contribution is -2.07. The van der Waals surface area contributed by atoms with Crippen molar-refractivity contribution in [2.45, 2.75) is 13.5 Å². The zero-order valence-corrected chi connectivity index (χ0v) is 13.2. The van der Waals surface area contributed by atoms with E-state index in [1.807, 2.05) is 42.5 Å². The van der Waals surface area contributed by atoms with Crippen LogP contribution in [-0.2, 0) is 6.54 Å². The Morgan fingerprint density at radius 2 is 1.39 bits per heavy atom. The summed E-state index contributed by atoms with van der Waals surface area (Å²) in [5, 5.41) is 4.42. The van der Waals surface area contributed by atoms with Crippen LogP contribution in [0.4, 0.5) is 11.4 Å². The predicted molar refractivity (Wildman–Crippen MR) is 96.6 cm³/mol. The third-order valence-electron chi connectivity index (χ3n) is 3.62. The largest absolute Gasteiger partial charge is 0.354 e. The molecule has 0 unspecified atom stereocenters. The Morgan fingerprint density at radius 3 is 2.13 bits per heavy atom. The van der Waals surface area contributed by atoms with Crippen LogP contribution < -0.4 is 10.7 Å². The molecule has 0 atom stereocenters. The molecule has 0 aliphatic rings. The monoisotopic (exact) mass is 300 g/mol. The maximum Gasteiger partial charge on any atom is 0.0813 e. The SMILES string of the molecule is Cc1ccc(Nc2cccccc2=NCc2ccccc2)cc1. The fraction of sp³-hybridized carbons (Fsp3) is 0.0952. The van der Waals surface area contributed by atoms with Gasteiger partial charge in [0.15, 0.2) is 0 Å². The van der Waals surface area contributed by atoms with E-state index in [1.54, 1.807) is 0 Å². The van der Waals surface area contributed by atoms with E-state index in [2.05, 4.69) is 54.7 Å². The van der Waals surface area contributed by atoms with Crippen LogP contribution >= 0.6 is 0 Å². The quantitative estimate of drug-likeness (QED) is 0.732. The minimum Gasteiger partial charge on any atom is -0.354 e. The number of rotatable bonds is 4. The normalized spacial score (nSPS) is 11.3. The fourth-order valence-corrected chi connectivity index (χ4v) is 2.33. The molecule has 0 amide bonds. The standard InChI is InChI=1S/C21H20N2/c1-17-12-14-19(15-13-17)23-21-11-7-3-6-10-20(21)22-16-18-8-4-2-5-9-18/h2-15H,16H2,1H3,(H,22,23). The van der Waals surface area contributed by atoms with Crippen LogP contribution in [0.2, 0.25) is 0 Å². The predicted octanol–water partition coefficient (Wildman–Crippen LogP) is 4.84. The number of hydrogen-bond acceptors (Lipinski definition) is 2. The van der Waals surface area contributed by atoms with Crippen molar-refractivity contribution in [3.05, 3.63) is 101 Å². The van der Waals surface area contributed by atoms with Gasteiger partial charge in [0.05, 0.1) is 17.6 Å². The van der Waals surface area contributed by atoms with Gasteiger partial charge < -0.3 is 5.32 Å². The van der Waals surface area contributed by atoms with Gasteiger partial charge in [0.1, 0.15) is 0 Å². The number of benzene rings is 2. The molecular weight excluding hydrogens is 280 g/mol. The number of hydrogen-bond donors (Lipinski definition) is 1. The minimum absolute atomic E-state index is 0.674. The van der Waals surface area contributed by atoms with Crippen molar-refractivity contribution in [1.82, 2.24) is 0 Å². The highest BCUT2D eigenvalue weighted by atomic mass is 14.9. The summed E-state index contributed by atoms with van der Waals surface area (Å²) in [5.41, 5.74) is 4.54. The van der Waals surface area contributed by atoms with Crippen LogP contribution in [-0.4, -0.2) is 0 Å². The smallest absolute Gasteiger partial charge is 0.0813 e. The number of nitrogens with one attached hydrogen (secondary N) is 1. The zero-order valence-electron chi connectivity index (χ0n) is 13.2. The van der Waals surface area contributed by atoms with Gasteiger partial charge in [-0.15, -0.1) is 0 Å². The highest BCUT2D eigenvalue weighted by molar-refractivity contribution is 5.59. The lowest BCUT2D eigenvalue weighted by atomic mass is 10.2. The highest BCUT2D eigenvalue weighted by Crippen LogP contribution is 2.13. The van der Waals surface area contributed by atoms with Crippen LogP contribution in [0.5, 0.6) is 0 Å². The van der Waals surface area contributed by atoms with E-state index in [4.69, 9.17) is 4.99 Å². The van der Waals surface area contributed by atoms with Crippen molar-refractivity contribution in [3.8, 4) is 0 Å². The van der Waals surface area contributed by atoms with Gasteiger partial charge in [-0.05, 0) is 36.8 Å². The molecule has 3 aromatic rings. The molecule has 0 aliphatic heterocycles. The van der Waals surface area contributed by atoms with Crippen LogP contribution in [0.15, 0.2) is 89.9 Å². The number of anilines is 2. The fourth-order valence-electron chi connectivity index (χ4n) is 2.33. The topological polar surface area (TPSA) is 24.4 Å². The Hall–Kier alpha value is -2.87. The van der Waals surface area contributed by atoms with Gasteiger partial charge in [0.2, 0.25) is 0 Å². The first-order chi connectivity index (χ1) is 11.3. The molecule has 23 heavy (non-hydrogen) atoms. The molecule has 114 valence electrons. The van der Waals surface area contributed by atoms with Crippen molar-refractivity contribution in [2.75, 3.05) is 5.32 Å². The van der Waals surface area contributed by atoms with E-state index in [9.17, 15) is 0 Å². The third kappa shape index (κ3) is 4.30. The minimum atomic E-state index is 0.674. The molecule has 0 bridgehead atoms. The second-order valence-electron chi connectivity index (χ2n) is 5.50. The van der Waals surface area contributed by atoms with Gasteiger partial charge in [-0.3, -0.25) is 4.99 Å². The molecule has 0 radical (unpaired) electrons. The maximum atomic E-state index is 4.77. The summed E-state index contributed by atoms with van der Waals surface area (Å²) in [4.78, 5) is 4.77.